The number of amides is 1. The average Bonchev–Trinajstić information content (AvgIpc) is 3.39. The Bertz CT molecular complexity index is 1150. The molecule has 0 saturated carbocycles. The van der Waals surface area contributed by atoms with Crippen LogP contribution < -0.4 is 5.32 Å². The van der Waals surface area contributed by atoms with E-state index in [0.29, 0.717) is 5.69 Å². The quantitative estimate of drug-likeness (QED) is 0.400. The number of hydrogen-bond acceptors (Lipinski definition) is 6. The number of carbonyl (C=O) groups is 1. The van der Waals surface area contributed by atoms with Crippen molar-refractivity contribution in [1.29, 1.82) is 0 Å². The summed E-state index contributed by atoms with van der Waals surface area (Å²) in [5.74, 6) is -0.852. The second kappa shape index (κ2) is 7.72. The summed E-state index contributed by atoms with van der Waals surface area (Å²) < 4.78 is 2.70. The van der Waals surface area contributed by atoms with Crippen molar-refractivity contribution in [1.82, 2.24) is 24.5 Å². The molecule has 2 heterocycles. The number of benzene rings is 2. The molecule has 0 spiro atoms. The molecule has 10 nitrogen and oxygen atoms in total. The van der Waals surface area contributed by atoms with Gasteiger partial charge in [-0.3, -0.25) is 4.79 Å². The molecule has 0 saturated heterocycles. The SMILES string of the molecule is O=C(Nc1ccc(-c2ccccc2)cc1)c1ccn(Cn2cnc([N+](=O)[O-])n2)n1. The second-order valence-electron chi connectivity index (χ2n) is 6.12. The molecule has 0 aliphatic heterocycles. The molecule has 2 aromatic heterocycles. The number of hydrogen-bond donors (Lipinski definition) is 1. The molecule has 0 fully saturated rings. The Balaban J connectivity index is 1.40. The summed E-state index contributed by atoms with van der Waals surface area (Å²) in [5, 5.41) is 21.3. The smallest absolute Gasteiger partial charge is 0.390 e. The molecule has 10 heteroatoms. The third-order valence-electron chi connectivity index (χ3n) is 4.10. The summed E-state index contributed by atoms with van der Waals surface area (Å²) in [4.78, 5) is 25.9. The molecule has 0 radical (unpaired) electrons. The normalized spacial score (nSPS) is 10.6. The molecule has 0 atom stereocenters. The van der Waals surface area contributed by atoms with Gasteiger partial charge in [0.25, 0.3) is 5.91 Å². The summed E-state index contributed by atoms with van der Waals surface area (Å²) in [6, 6.07) is 19.0. The van der Waals surface area contributed by atoms with Gasteiger partial charge in [0.05, 0.1) is 0 Å². The van der Waals surface area contributed by atoms with Gasteiger partial charge in [0.15, 0.2) is 12.4 Å². The van der Waals surface area contributed by atoms with Gasteiger partial charge in [-0.1, -0.05) is 47.4 Å². The second-order valence-corrected chi connectivity index (χ2v) is 6.12. The van der Waals surface area contributed by atoms with Crippen LogP contribution in [0.25, 0.3) is 11.1 Å². The van der Waals surface area contributed by atoms with E-state index in [0.717, 1.165) is 11.1 Å². The van der Waals surface area contributed by atoms with Gasteiger partial charge in [-0.05, 0) is 34.2 Å². The van der Waals surface area contributed by atoms with Crippen molar-refractivity contribution in [3.05, 3.63) is 89.0 Å². The minimum atomic E-state index is -0.679. The van der Waals surface area contributed by atoms with E-state index in [1.165, 1.54) is 15.7 Å². The lowest BCUT2D eigenvalue weighted by molar-refractivity contribution is -0.394. The third-order valence-corrected chi connectivity index (χ3v) is 4.10. The molecule has 29 heavy (non-hydrogen) atoms. The number of nitro groups is 1. The van der Waals surface area contributed by atoms with E-state index in [-0.39, 0.29) is 18.3 Å². The first kappa shape index (κ1) is 18.0. The fourth-order valence-corrected chi connectivity index (χ4v) is 2.72. The summed E-state index contributed by atoms with van der Waals surface area (Å²) in [6.07, 6.45) is 2.81. The van der Waals surface area contributed by atoms with Crippen LogP contribution in [0.5, 0.6) is 0 Å². The van der Waals surface area contributed by atoms with Crippen LogP contribution in [0.2, 0.25) is 0 Å². The van der Waals surface area contributed by atoms with E-state index in [2.05, 4.69) is 20.5 Å². The maximum absolute atomic E-state index is 12.4. The minimum Gasteiger partial charge on any atom is -0.390 e. The molecule has 1 N–H and O–H groups in total. The number of nitrogens with one attached hydrogen (secondary N) is 1. The first-order valence-corrected chi connectivity index (χ1v) is 8.62. The van der Waals surface area contributed by atoms with Crippen LogP contribution in [0, 0.1) is 10.1 Å². The van der Waals surface area contributed by atoms with Gasteiger partial charge in [0.2, 0.25) is 6.33 Å². The highest BCUT2D eigenvalue weighted by Crippen LogP contribution is 2.21. The fraction of sp³-hybridized carbons (Fsp3) is 0.0526. The van der Waals surface area contributed by atoms with Gasteiger partial charge in [-0.25, -0.2) is 4.68 Å². The Morgan fingerprint density at radius 1 is 0.966 bits per heavy atom. The van der Waals surface area contributed by atoms with Gasteiger partial charge in [-0.2, -0.15) is 9.78 Å². The molecule has 0 bridgehead atoms. The van der Waals surface area contributed by atoms with Gasteiger partial charge in [0, 0.05) is 17.0 Å². The number of anilines is 1. The van der Waals surface area contributed by atoms with Gasteiger partial charge < -0.3 is 15.4 Å². The average molecular weight is 389 g/mol. The minimum absolute atomic E-state index is 0.0971. The monoisotopic (exact) mass is 389 g/mol. The zero-order chi connectivity index (χ0) is 20.2. The standard InChI is InChI=1S/C19H15N7O3/c27-18(21-16-8-6-15(7-9-16)14-4-2-1-3-5-14)17-10-11-24(22-17)13-25-12-20-19(23-25)26(28)29/h1-12H,13H2,(H,21,27). The van der Waals surface area contributed by atoms with Crippen LogP contribution in [-0.2, 0) is 6.67 Å². The Hall–Kier alpha value is -4.34. The van der Waals surface area contributed by atoms with E-state index in [4.69, 9.17) is 0 Å². The summed E-state index contributed by atoms with van der Waals surface area (Å²) in [6.45, 7) is 0.0971. The fourth-order valence-electron chi connectivity index (χ4n) is 2.72. The molecular weight excluding hydrogens is 374 g/mol. The van der Waals surface area contributed by atoms with Crippen LogP contribution in [0.15, 0.2) is 73.2 Å². The van der Waals surface area contributed by atoms with Crippen LogP contribution in [-0.4, -0.2) is 35.4 Å². The highest BCUT2D eigenvalue weighted by atomic mass is 16.6. The Morgan fingerprint density at radius 2 is 1.69 bits per heavy atom. The van der Waals surface area contributed by atoms with E-state index in [9.17, 15) is 14.9 Å². The van der Waals surface area contributed by atoms with Crippen molar-refractivity contribution >= 4 is 17.5 Å². The lowest BCUT2D eigenvalue weighted by Gasteiger charge is -2.06. The van der Waals surface area contributed by atoms with Crippen molar-refractivity contribution in [2.75, 3.05) is 5.32 Å². The van der Waals surface area contributed by atoms with Crippen molar-refractivity contribution in [2.45, 2.75) is 6.67 Å². The van der Waals surface area contributed by atoms with Crippen molar-refractivity contribution in [3.8, 4) is 11.1 Å². The van der Waals surface area contributed by atoms with Gasteiger partial charge in [0.1, 0.15) is 0 Å². The van der Waals surface area contributed by atoms with Gasteiger partial charge >= 0.3 is 5.95 Å². The molecule has 1 amide bonds. The zero-order valence-electron chi connectivity index (χ0n) is 15.0. The van der Waals surface area contributed by atoms with Crippen molar-refractivity contribution in [3.63, 3.8) is 0 Å². The third kappa shape index (κ3) is 4.16. The lowest BCUT2D eigenvalue weighted by atomic mass is 10.1. The molecule has 0 aliphatic carbocycles. The number of carbonyl (C=O) groups excluding carboxylic acids is 1. The summed E-state index contributed by atoms with van der Waals surface area (Å²) in [7, 11) is 0. The van der Waals surface area contributed by atoms with E-state index in [1.807, 2.05) is 54.6 Å². The van der Waals surface area contributed by atoms with Crippen molar-refractivity contribution in [2.24, 2.45) is 0 Å². The van der Waals surface area contributed by atoms with Crippen molar-refractivity contribution < 1.29 is 9.72 Å². The maximum atomic E-state index is 12.4. The topological polar surface area (TPSA) is 121 Å². The Labute approximate surface area is 164 Å². The zero-order valence-corrected chi connectivity index (χ0v) is 15.0. The highest BCUT2D eigenvalue weighted by Gasteiger charge is 2.15. The molecular formula is C19H15N7O3. The van der Waals surface area contributed by atoms with Crippen LogP contribution in [0.1, 0.15) is 10.5 Å². The molecule has 2 aromatic carbocycles. The molecule has 0 aliphatic rings. The summed E-state index contributed by atoms with van der Waals surface area (Å²) in [5.41, 5.74) is 3.01. The Kier molecular flexibility index (Phi) is 4.81. The first-order valence-electron chi connectivity index (χ1n) is 8.62. The molecule has 0 unspecified atom stereocenters. The molecule has 4 aromatic rings. The van der Waals surface area contributed by atoms with Gasteiger partial charge in [-0.15, -0.1) is 0 Å². The summed E-state index contributed by atoms with van der Waals surface area (Å²) >= 11 is 0. The maximum Gasteiger partial charge on any atom is 0.491 e. The van der Waals surface area contributed by atoms with Crippen LogP contribution in [0.4, 0.5) is 11.6 Å². The number of nitrogens with zero attached hydrogens (tertiary/aromatic N) is 6. The molecule has 4 rings (SSSR count). The number of aromatic nitrogens is 5. The van der Waals surface area contributed by atoms with Crippen LogP contribution >= 0.6 is 0 Å². The largest absolute Gasteiger partial charge is 0.491 e. The first-order chi connectivity index (χ1) is 14.1. The highest BCUT2D eigenvalue weighted by molar-refractivity contribution is 6.02. The Morgan fingerprint density at radius 3 is 2.38 bits per heavy atom. The predicted molar refractivity (Wildman–Crippen MR) is 104 cm³/mol. The van der Waals surface area contributed by atoms with E-state index in [1.54, 1.807) is 12.3 Å². The molecule has 144 valence electrons. The lowest BCUT2D eigenvalue weighted by Crippen LogP contribution is -2.15. The van der Waals surface area contributed by atoms with E-state index >= 15 is 0 Å². The van der Waals surface area contributed by atoms with E-state index < -0.39 is 10.9 Å². The number of rotatable bonds is 6. The van der Waals surface area contributed by atoms with Crippen LogP contribution in [0.3, 0.4) is 0 Å². The predicted octanol–water partition coefficient (Wildman–Crippen LogP) is 2.81.